The fraction of sp³-hybridized carbons (Fsp3) is 0.500. The van der Waals surface area contributed by atoms with Crippen molar-refractivity contribution < 1.29 is 17.1 Å². The molecule has 4 heteroatoms. The molecule has 52 heavy (non-hydrogen) atoms. The van der Waals surface area contributed by atoms with Gasteiger partial charge >= 0.3 is 0 Å². The van der Waals surface area contributed by atoms with Crippen molar-refractivity contribution in [3.05, 3.63) is 121 Å². The Morgan fingerprint density at radius 1 is 0.442 bits per heavy atom. The Morgan fingerprint density at radius 2 is 0.750 bits per heavy atom. The summed E-state index contributed by atoms with van der Waals surface area (Å²) in [5.41, 5.74) is 5.05. The minimum atomic E-state index is -0.462. The Labute approximate surface area is 333 Å². The van der Waals surface area contributed by atoms with Crippen molar-refractivity contribution in [2.45, 2.75) is 130 Å². The van der Waals surface area contributed by atoms with Gasteiger partial charge in [0.05, 0.1) is 0 Å². The summed E-state index contributed by atoms with van der Waals surface area (Å²) in [7, 11) is -0.678. The van der Waals surface area contributed by atoms with Gasteiger partial charge in [-0.2, -0.15) is 0 Å². The molecule has 0 saturated heterocycles. The first-order valence-electron chi connectivity index (χ1n) is 19.8. The van der Waals surface area contributed by atoms with Crippen LogP contribution in [0.5, 0.6) is 0 Å². The van der Waals surface area contributed by atoms with E-state index in [-0.39, 0.29) is 25.0 Å². The van der Waals surface area contributed by atoms with Gasteiger partial charge in [-0.3, -0.25) is 0 Å². The Balaban J connectivity index is 0.000000301. The molecule has 0 nitrogen and oxygen atoms in total. The van der Waals surface area contributed by atoms with E-state index in [9.17, 15) is 0 Å². The molecule has 0 amide bonds. The van der Waals surface area contributed by atoms with Crippen molar-refractivity contribution in [3.63, 3.8) is 0 Å². The molecule has 2 saturated carbocycles. The maximum Gasteiger partial charge on any atom is 0 e. The summed E-state index contributed by atoms with van der Waals surface area (Å²) in [6, 6.07) is 45.6. The number of benzene rings is 4. The maximum atomic E-state index is 2.46. The van der Waals surface area contributed by atoms with E-state index >= 15 is 0 Å². The van der Waals surface area contributed by atoms with E-state index < -0.39 is 15.8 Å². The van der Waals surface area contributed by atoms with Crippen LogP contribution in [0.4, 0.5) is 0 Å². The monoisotopic (exact) mass is 792 g/mol. The van der Waals surface area contributed by atoms with Crippen LogP contribution in [0.3, 0.4) is 0 Å². The molecule has 2 aliphatic rings. The first kappa shape index (κ1) is 43.4. The fourth-order valence-corrected chi connectivity index (χ4v) is 19.7. The van der Waals surface area contributed by atoms with Crippen LogP contribution in [-0.2, 0) is 17.1 Å². The molecule has 2 fully saturated rings. The topological polar surface area (TPSA) is 0 Å². The smallest absolute Gasteiger partial charge is 0 e. The molecule has 2 aliphatic carbocycles. The van der Waals surface area contributed by atoms with E-state index in [2.05, 4.69) is 191 Å². The Hall–Kier alpha value is -1.31. The second-order valence-corrected chi connectivity index (χ2v) is 26.5. The molecule has 0 spiro atoms. The van der Waals surface area contributed by atoms with E-state index in [1.54, 1.807) is 0 Å². The largest absolute Gasteiger partial charge is 0.0982 e. The van der Waals surface area contributed by atoms with Gasteiger partial charge < -0.3 is 0 Å². The molecular formula is C48H67FeP3. The quantitative estimate of drug-likeness (QED) is 0.117. The molecule has 0 heterocycles. The first-order chi connectivity index (χ1) is 24.3. The van der Waals surface area contributed by atoms with Crippen molar-refractivity contribution in [1.29, 1.82) is 0 Å². The zero-order valence-electron chi connectivity index (χ0n) is 33.8. The van der Waals surface area contributed by atoms with E-state index in [0.29, 0.717) is 22.1 Å². The summed E-state index contributed by atoms with van der Waals surface area (Å²) < 4.78 is 0. The average Bonchev–Trinajstić information content (AvgIpc) is 3.76. The molecule has 0 N–H and O–H groups in total. The fourth-order valence-electron chi connectivity index (χ4n) is 9.13. The molecule has 0 aliphatic heterocycles. The molecule has 0 bridgehead atoms. The molecule has 282 valence electrons. The van der Waals surface area contributed by atoms with Gasteiger partial charge in [0.15, 0.2) is 0 Å². The number of hydrogen-bond acceptors (Lipinski definition) is 0. The van der Waals surface area contributed by atoms with Crippen molar-refractivity contribution in [2.24, 2.45) is 22.7 Å². The van der Waals surface area contributed by atoms with Gasteiger partial charge in [0, 0.05) is 17.1 Å². The summed E-state index contributed by atoms with van der Waals surface area (Å²) in [5, 5.41) is 6.09. The molecule has 4 aromatic carbocycles. The molecule has 0 radical (unpaired) electrons. The van der Waals surface area contributed by atoms with Crippen LogP contribution >= 0.6 is 23.8 Å². The van der Waals surface area contributed by atoms with Crippen molar-refractivity contribution in [3.8, 4) is 0 Å². The van der Waals surface area contributed by atoms with Gasteiger partial charge in [0.2, 0.25) is 0 Å². The van der Waals surface area contributed by atoms with Crippen molar-refractivity contribution in [2.75, 3.05) is 0 Å². The van der Waals surface area contributed by atoms with Crippen LogP contribution in [-0.4, -0.2) is 28.3 Å². The zero-order chi connectivity index (χ0) is 36.8. The first-order valence-corrected chi connectivity index (χ1v) is 24.2. The van der Waals surface area contributed by atoms with Crippen LogP contribution < -0.4 is 21.2 Å². The summed E-state index contributed by atoms with van der Waals surface area (Å²) >= 11 is 0. The van der Waals surface area contributed by atoms with Crippen molar-refractivity contribution in [1.82, 2.24) is 0 Å². The minimum absolute atomic E-state index is 0. The van der Waals surface area contributed by atoms with Gasteiger partial charge in [-0.25, -0.2) is 0 Å². The van der Waals surface area contributed by atoms with Gasteiger partial charge in [-0.1, -0.05) is 198 Å². The van der Waals surface area contributed by atoms with Gasteiger partial charge in [-0.15, -0.1) is 0 Å². The van der Waals surface area contributed by atoms with Crippen LogP contribution in [0.25, 0.3) is 0 Å². The van der Waals surface area contributed by atoms with Gasteiger partial charge in [0.1, 0.15) is 0 Å². The molecular weight excluding hydrogens is 725 g/mol. The summed E-state index contributed by atoms with van der Waals surface area (Å²) in [6.07, 6.45) is 7.10. The molecule has 4 aromatic rings. The third-order valence-corrected chi connectivity index (χ3v) is 21.6. The standard InChI is InChI=1S/C33H36P2.C15H31P.Fe/c1-33(2,3)26-24-31(34(27-16-8-4-9-17-27)28-18-10-5-11-19-28)32(25-26)35(29-20-12-6-13-21-29)30-22-14-7-15-23-30;1-11(2)16(12(3)4)14-9-8-13(10-14)15(5,6)7;/h4-23,26,31-32H,24-25H2,1-3H3;11-14H,8-10H2,1-7H3;. The van der Waals surface area contributed by atoms with E-state index in [1.807, 2.05) is 0 Å². The van der Waals surface area contributed by atoms with Crippen LogP contribution in [0.2, 0.25) is 0 Å². The van der Waals surface area contributed by atoms with Gasteiger partial charge in [0.25, 0.3) is 0 Å². The predicted octanol–water partition coefficient (Wildman–Crippen LogP) is 12.9. The second kappa shape index (κ2) is 19.5. The van der Waals surface area contributed by atoms with Crippen LogP contribution in [0, 0.1) is 22.7 Å². The summed E-state index contributed by atoms with van der Waals surface area (Å²) in [5.74, 6) is 1.70. The maximum absolute atomic E-state index is 2.46. The minimum Gasteiger partial charge on any atom is -0.0982 e. The molecule has 4 unspecified atom stereocenters. The van der Waals surface area contributed by atoms with E-state index in [4.69, 9.17) is 0 Å². The third-order valence-electron chi connectivity index (χ3n) is 11.8. The Morgan fingerprint density at radius 3 is 1.00 bits per heavy atom. The van der Waals surface area contributed by atoms with E-state index in [1.165, 1.54) is 53.3 Å². The van der Waals surface area contributed by atoms with E-state index in [0.717, 1.165) is 28.8 Å². The average molecular weight is 793 g/mol. The third kappa shape index (κ3) is 11.1. The zero-order valence-corrected chi connectivity index (χ0v) is 37.6. The molecule has 4 atom stereocenters. The Kier molecular flexibility index (Phi) is 16.3. The Bertz CT molecular complexity index is 1400. The van der Waals surface area contributed by atoms with Crippen molar-refractivity contribution >= 4 is 45.0 Å². The predicted molar refractivity (Wildman–Crippen MR) is 236 cm³/mol. The second-order valence-electron chi connectivity index (χ2n) is 17.9. The molecule has 6 rings (SSSR count). The normalized spacial score (nSPS) is 22.2. The summed E-state index contributed by atoms with van der Waals surface area (Å²) in [4.78, 5) is 0. The number of rotatable bonds is 9. The van der Waals surface area contributed by atoms with Crippen LogP contribution in [0.1, 0.15) is 101 Å². The summed E-state index contributed by atoms with van der Waals surface area (Å²) in [6.45, 7) is 24.4. The number of hydrogen-bond donors (Lipinski definition) is 0. The van der Waals surface area contributed by atoms with Crippen LogP contribution in [0.15, 0.2) is 121 Å². The van der Waals surface area contributed by atoms with Gasteiger partial charge in [-0.05, 0) is 120 Å². The SMILES string of the molecule is CC(C)(C)C1CC(P(c2ccccc2)c2ccccc2)C(P(c2ccccc2)c2ccccc2)C1.CC(C)P(C(C)C)C1CCC(C(C)(C)C)C1.[Fe]. The molecule has 0 aromatic heterocycles.